The lowest BCUT2D eigenvalue weighted by Crippen LogP contribution is -2.50. The number of anilines is 2. The van der Waals surface area contributed by atoms with E-state index in [9.17, 15) is 18.8 Å². The molecule has 0 aliphatic carbocycles. The number of ether oxygens (including phenoxy) is 1. The molecule has 9 nitrogen and oxygen atoms in total. The van der Waals surface area contributed by atoms with Gasteiger partial charge in [-0.15, -0.1) is 0 Å². The Balaban J connectivity index is 2.22. The number of nitrogens with one attached hydrogen (secondary N) is 1. The first-order chi connectivity index (χ1) is 17.5. The Morgan fingerprint density at radius 2 is 1.73 bits per heavy atom. The third kappa shape index (κ3) is 6.23. The first-order valence-electron chi connectivity index (χ1n) is 11.7. The van der Waals surface area contributed by atoms with E-state index in [1.165, 1.54) is 29.2 Å². The summed E-state index contributed by atoms with van der Waals surface area (Å²) in [6.07, 6.45) is 0.621. The molecule has 5 N–H and O–H groups in total. The summed E-state index contributed by atoms with van der Waals surface area (Å²) in [5.41, 5.74) is 11.1. The SMILES string of the molecule is CCOc1ccc(N(C(=O)c2snc(C(N)=O)c2N)[C@@H](C(=O)NC(C)(C)CC)c2ccc(F)cc2)cc1. The lowest BCUT2D eigenvalue weighted by molar-refractivity contribution is -0.124. The number of nitrogens with zero attached hydrogens (tertiary/aromatic N) is 2. The Kier molecular flexibility index (Phi) is 8.49. The lowest BCUT2D eigenvalue weighted by atomic mass is 9.98. The summed E-state index contributed by atoms with van der Waals surface area (Å²) in [6, 6.07) is 10.7. The van der Waals surface area contributed by atoms with Gasteiger partial charge in [-0.25, -0.2) is 4.39 Å². The summed E-state index contributed by atoms with van der Waals surface area (Å²) in [4.78, 5) is 40.7. The van der Waals surface area contributed by atoms with Crippen LogP contribution in [0.3, 0.4) is 0 Å². The highest BCUT2D eigenvalue weighted by Gasteiger charge is 2.37. The molecule has 3 rings (SSSR count). The van der Waals surface area contributed by atoms with E-state index in [0.29, 0.717) is 41.6 Å². The van der Waals surface area contributed by atoms with Crippen LogP contribution in [0, 0.1) is 5.82 Å². The second-order valence-electron chi connectivity index (χ2n) is 8.92. The Morgan fingerprint density at radius 1 is 1.11 bits per heavy atom. The lowest BCUT2D eigenvalue weighted by Gasteiger charge is -2.34. The van der Waals surface area contributed by atoms with Gasteiger partial charge in [0.05, 0.1) is 12.3 Å². The minimum Gasteiger partial charge on any atom is -0.494 e. The summed E-state index contributed by atoms with van der Waals surface area (Å²) < 4.78 is 23.3. The van der Waals surface area contributed by atoms with Gasteiger partial charge in [-0.05, 0) is 80.7 Å². The van der Waals surface area contributed by atoms with Crippen molar-refractivity contribution in [2.75, 3.05) is 17.2 Å². The molecule has 0 fully saturated rings. The van der Waals surface area contributed by atoms with E-state index < -0.39 is 35.1 Å². The molecule has 3 aromatic rings. The van der Waals surface area contributed by atoms with Crippen molar-refractivity contribution in [3.8, 4) is 5.75 Å². The molecule has 0 bridgehead atoms. The fraction of sp³-hybridized carbons (Fsp3) is 0.308. The molecule has 37 heavy (non-hydrogen) atoms. The Hall–Kier alpha value is -3.99. The number of aromatic nitrogens is 1. The topological polar surface area (TPSA) is 141 Å². The van der Waals surface area contributed by atoms with E-state index in [2.05, 4.69) is 9.69 Å². The minimum absolute atomic E-state index is 0.0580. The van der Waals surface area contributed by atoms with Gasteiger partial charge in [0.25, 0.3) is 11.8 Å². The van der Waals surface area contributed by atoms with Crippen molar-refractivity contribution in [1.82, 2.24) is 9.69 Å². The predicted octanol–water partition coefficient (Wildman–Crippen LogP) is 4.05. The van der Waals surface area contributed by atoms with Gasteiger partial charge in [-0.1, -0.05) is 19.1 Å². The van der Waals surface area contributed by atoms with Crippen molar-refractivity contribution in [2.24, 2.45) is 5.73 Å². The van der Waals surface area contributed by atoms with Crippen molar-refractivity contribution in [1.29, 1.82) is 0 Å². The van der Waals surface area contributed by atoms with Crippen molar-refractivity contribution in [3.05, 3.63) is 70.5 Å². The van der Waals surface area contributed by atoms with Crippen molar-refractivity contribution in [3.63, 3.8) is 0 Å². The number of nitrogen functional groups attached to an aromatic ring is 1. The summed E-state index contributed by atoms with van der Waals surface area (Å²) in [5, 5.41) is 2.98. The van der Waals surface area contributed by atoms with Gasteiger partial charge >= 0.3 is 0 Å². The largest absolute Gasteiger partial charge is 0.494 e. The molecule has 1 atom stereocenters. The molecule has 0 spiro atoms. The maximum absolute atomic E-state index is 14.0. The average molecular weight is 528 g/mol. The number of amides is 3. The molecule has 2 aromatic carbocycles. The van der Waals surface area contributed by atoms with Crippen molar-refractivity contribution in [2.45, 2.75) is 45.7 Å². The summed E-state index contributed by atoms with van der Waals surface area (Å²) in [5.74, 6) is -1.96. The molecule has 0 saturated heterocycles. The maximum Gasteiger partial charge on any atom is 0.273 e. The van der Waals surface area contributed by atoms with Crippen LogP contribution in [-0.2, 0) is 4.79 Å². The van der Waals surface area contributed by atoms with Crippen LogP contribution in [0.15, 0.2) is 48.5 Å². The molecule has 1 aromatic heterocycles. The van der Waals surface area contributed by atoms with Gasteiger partial charge in [0.2, 0.25) is 5.91 Å². The molecule has 3 amide bonds. The number of primary amides is 1. The van der Waals surface area contributed by atoms with E-state index >= 15 is 0 Å². The van der Waals surface area contributed by atoms with Crippen LogP contribution in [-0.4, -0.2) is 34.2 Å². The second kappa shape index (κ2) is 11.4. The van der Waals surface area contributed by atoms with Gasteiger partial charge in [-0.3, -0.25) is 19.3 Å². The Morgan fingerprint density at radius 3 is 2.24 bits per heavy atom. The average Bonchev–Trinajstić information content (AvgIpc) is 3.25. The summed E-state index contributed by atoms with van der Waals surface area (Å²) >= 11 is 0.708. The number of hydrogen-bond acceptors (Lipinski definition) is 7. The quantitative estimate of drug-likeness (QED) is 0.363. The van der Waals surface area contributed by atoms with Crippen molar-refractivity contribution >= 4 is 40.6 Å². The zero-order valence-corrected chi connectivity index (χ0v) is 21.9. The van der Waals surface area contributed by atoms with E-state index in [1.54, 1.807) is 24.3 Å². The standard InChI is InChI=1S/C26H30FN5O4S/c1-5-26(3,4)30-24(34)21(15-7-9-16(27)10-8-15)32(17-11-13-18(14-12-17)36-6-2)25(35)22-19(28)20(23(29)33)31-37-22/h7-14,21H,5-6,28H2,1-4H3,(H2,29,33)(H,30,34)/t21-/m1/s1. The first kappa shape index (κ1) is 27.6. The predicted molar refractivity (Wildman–Crippen MR) is 141 cm³/mol. The number of hydrogen-bond donors (Lipinski definition) is 3. The van der Waals surface area contributed by atoms with Gasteiger partial charge in [0, 0.05) is 11.2 Å². The number of benzene rings is 2. The number of nitrogens with two attached hydrogens (primary N) is 2. The summed E-state index contributed by atoms with van der Waals surface area (Å²) in [7, 11) is 0. The normalized spacial score (nSPS) is 12.0. The minimum atomic E-state index is -1.21. The van der Waals surface area contributed by atoms with Crippen LogP contribution in [0.5, 0.6) is 5.75 Å². The Bertz CT molecular complexity index is 1280. The fourth-order valence-electron chi connectivity index (χ4n) is 3.54. The van der Waals surface area contributed by atoms with E-state index in [1.807, 2.05) is 27.7 Å². The van der Waals surface area contributed by atoms with Crippen LogP contribution < -0.4 is 26.4 Å². The van der Waals surface area contributed by atoms with Crippen LogP contribution in [0.2, 0.25) is 0 Å². The van der Waals surface area contributed by atoms with E-state index in [-0.39, 0.29) is 16.3 Å². The zero-order chi connectivity index (χ0) is 27.3. The third-order valence-electron chi connectivity index (χ3n) is 5.84. The van der Waals surface area contributed by atoms with Crippen LogP contribution in [0.25, 0.3) is 0 Å². The first-order valence-corrected chi connectivity index (χ1v) is 12.4. The molecule has 0 saturated carbocycles. The third-order valence-corrected chi connectivity index (χ3v) is 6.69. The van der Waals surface area contributed by atoms with E-state index in [0.717, 1.165) is 0 Å². The molecule has 11 heteroatoms. The second-order valence-corrected chi connectivity index (χ2v) is 9.69. The maximum atomic E-state index is 14.0. The molecule has 0 unspecified atom stereocenters. The highest BCUT2D eigenvalue weighted by atomic mass is 32.1. The van der Waals surface area contributed by atoms with Gasteiger partial charge in [0.1, 0.15) is 22.5 Å². The number of carbonyl (C=O) groups excluding carboxylic acids is 3. The monoisotopic (exact) mass is 527 g/mol. The van der Waals surface area contributed by atoms with Gasteiger partial charge in [-0.2, -0.15) is 4.37 Å². The van der Waals surface area contributed by atoms with Gasteiger partial charge < -0.3 is 21.5 Å². The molecular weight excluding hydrogens is 497 g/mol. The molecule has 0 radical (unpaired) electrons. The smallest absolute Gasteiger partial charge is 0.273 e. The highest BCUT2D eigenvalue weighted by Crippen LogP contribution is 2.34. The fourth-order valence-corrected chi connectivity index (χ4v) is 4.29. The number of halogens is 1. The number of carbonyl (C=O) groups is 3. The van der Waals surface area contributed by atoms with Crippen LogP contribution >= 0.6 is 11.5 Å². The molecule has 0 aliphatic heterocycles. The zero-order valence-electron chi connectivity index (χ0n) is 21.1. The van der Waals surface area contributed by atoms with Crippen LogP contribution in [0.1, 0.15) is 65.9 Å². The highest BCUT2D eigenvalue weighted by molar-refractivity contribution is 7.09. The Labute approximate surface area is 218 Å². The number of rotatable bonds is 10. The van der Waals surface area contributed by atoms with E-state index in [4.69, 9.17) is 16.2 Å². The van der Waals surface area contributed by atoms with Crippen molar-refractivity contribution < 1.29 is 23.5 Å². The summed E-state index contributed by atoms with van der Waals surface area (Å²) in [6.45, 7) is 7.93. The van der Waals surface area contributed by atoms with Gasteiger partial charge in [0.15, 0.2) is 5.69 Å². The molecule has 0 aliphatic rings. The molecular formula is C26H30FN5O4S. The van der Waals surface area contributed by atoms with Crippen LogP contribution in [0.4, 0.5) is 15.8 Å². The molecule has 196 valence electrons. The molecule has 1 heterocycles.